The number of H-pyrrole nitrogens is 1. The quantitative estimate of drug-likeness (QED) is 0.456. The number of carbonyl (C=O) groups is 3. The molecule has 2 atom stereocenters. The highest BCUT2D eigenvalue weighted by Gasteiger charge is 2.39. The molecule has 3 aliphatic heterocycles. The number of hydrogen-bond acceptors (Lipinski definition) is 6. The number of hydrogen-bond donors (Lipinski definition) is 1. The summed E-state index contributed by atoms with van der Waals surface area (Å²) in [6.45, 7) is 13.5. The van der Waals surface area contributed by atoms with E-state index in [-0.39, 0.29) is 18.0 Å². The average molecular weight is 592 g/mol. The standard InChI is InChI=1S/C33H45N5O5/c1-32(2,3)42-30(40)37-17-7-9-26(37)28-34-21-25(35-28)24-13-11-22(12-14-24)23-15-19-36(20-16-23)29(39)27-10-8-18-38(27)31(41)43-33(4,5)6/h11-15,21,26-27H,7-10,16-20H2,1-6H3,(H,34,35)/t26-,27-/m0/s1. The van der Waals surface area contributed by atoms with Crippen molar-refractivity contribution < 1.29 is 23.9 Å². The molecule has 5 rings (SSSR count). The van der Waals surface area contributed by atoms with Gasteiger partial charge in [-0.1, -0.05) is 30.3 Å². The Morgan fingerprint density at radius 3 is 2.07 bits per heavy atom. The summed E-state index contributed by atoms with van der Waals surface area (Å²) in [5.41, 5.74) is 3.11. The van der Waals surface area contributed by atoms with Crippen LogP contribution in [0.3, 0.4) is 0 Å². The average Bonchev–Trinajstić information content (AvgIpc) is 3.71. The van der Waals surface area contributed by atoms with Crippen molar-refractivity contribution in [3.63, 3.8) is 0 Å². The largest absolute Gasteiger partial charge is 0.444 e. The Labute approximate surface area is 254 Å². The molecule has 43 heavy (non-hydrogen) atoms. The topological polar surface area (TPSA) is 108 Å². The van der Waals surface area contributed by atoms with Gasteiger partial charge in [-0.15, -0.1) is 0 Å². The Bertz CT molecular complexity index is 1370. The predicted octanol–water partition coefficient (Wildman–Crippen LogP) is 6.16. The molecule has 1 aromatic heterocycles. The maximum Gasteiger partial charge on any atom is 0.410 e. The first kappa shape index (κ1) is 30.6. The second kappa shape index (κ2) is 12.1. The summed E-state index contributed by atoms with van der Waals surface area (Å²) < 4.78 is 11.1. The monoisotopic (exact) mass is 591 g/mol. The number of benzene rings is 1. The lowest BCUT2D eigenvalue weighted by molar-refractivity contribution is -0.135. The first-order chi connectivity index (χ1) is 20.3. The van der Waals surface area contributed by atoms with E-state index in [1.54, 1.807) is 9.80 Å². The highest BCUT2D eigenvalue weighted by Crippen LogP contribution is 2.33. The van der Waals surface area contributed by atoms with E-state index in [1.807, 2.05) is 52.6 Å². The number of aromatic amines is 1. The minimum atomic E-state index is -0.593. The summed E-state index contributed by atoms with van der Waals surface area (Å²) in [4.78, 5) is 52.0. The van der Waals surface area contributed by atoms with E-state index >= 15 is 0 Å². The van der Waals surface area contributed by atoms with Gasteiger partial charge in [-0.05, 0) is 90.3 Å². The SMILES string of the molecule is CC(C)(C)OC(=O)N1CCC[C@H]1C(=O)N1CC=C(c2ccc(-c3cnc([C@@H]4CCCN4C(=O)OC(C)(C)C)[nH]3)cc2)CC1. The van der Waals surface area contributed by atoms with Gasteiger partial charge in [-0.2, -0.15) is 0 Å². The summed E-state index contributed by atoms with van der Waals surface area (Å²) in [6, 6.07) is 7.77. The van der Waals surface area contributed by atoms with Crippen molar-refractivity contribution in [2.24, 2.45) is 0 Å². The fraction of sp³-hybridized carbons (Fsp3) is 0.576. The van der Waals surface area contributed by atoms with Gasteiger partial charge in [0.1, 0.15) is 23.1 Å². The van der Waals surface area contributed by atoms with Crippen LogP contribution < -0.4 is 0 Å². The molecule has 10 heteroatoms. The zero-order chi connectivity index (χ0) is 30.9. The highest BCUT2D eigenvalue weighted by atomic mass is 16.6. The van der Waals surface area contributed by atoms with E-state index in [2.05, 4.69) is 40.3 Å². The summed E-state index contributed by atoms with van der Waals surface area (Å²) in [5, 5.41) is 0. The molecule has 1 N–H and O–H groups in total. The molecule has 0 unspecified atom stereocenters. The van der Waals surface area contributed by atoms with Gasteiger partial charge in [0.2, 0.25) is 5.91 Å². The molecule has 0 aliphatic carbocycles. The summed E-state index contributed by atoms with van der Waals surface area (Å²) in [5.74, 6) is 0.770. The summed E-state index contributed by atoms with van der Waals surface area (Å²) in [6.07, 6.45) is 7.20. The van der Waals surface area contributed by atoms with Crippen molar-refractivity contribution >= 4 is 23.7 Å². The minimum Gasteiger partial charge on any atom is -0.444 e. The normalized spacial score (nSPS) is 21.2. The van der Waals surface area contributed by atoms with Gasteiger partial charge < -0.3 is 19.4 Å². The molecule has 4 heterocycles. The van der Waals surface area contributed by atoms with Crippen molar-refractivity contribution in [1.29, 1.82) is 0 Å². The van der Waals surface area contributed by atoms with Crippen LogP contribution in [0.25, 0.3) is 16.8 Å². The lowest BCUT2D eigenvalue weighted by atomic mass is 9.97. The molecule has 10 nitrogen and oxygen atoms in total. The van der Waals surface area contributed by atoms with Crippen LogP contribution in [-0.2, 0) is 14.3 Å². The molecule has 2 aromatic rings. The fourth-order valence-electron chi connectivity index (χ4n) is 6.01. The van der Waals surface area contributed by atoms with E-state index in [0.717, 1.165) is 48.3 Å². The smallest absolute Gasteiger partial charge is 0.410 e. The molecule has 3 amide bonds. The number of nitrogens with one attached hydrogen (secondary N) is 1. The van der Waals surface area contributed by atoms with Crippen molar-refractivity contribution in [3.8, 4) is 11.3 Å². The lowest BCUT2D eigenvalue weighted by Crippen LogP contribution is -2.49. The third-order valence-electron chi connectivity index (χ3n) is 8.05. The highest BCUT2D eigenvalue weighted by molar-refractivity contribution is 5.87. The molecule has 0 radical (unpaired) electrons. The van der Waals surface area contributed by atoms with Crippen molar-refractivity contribution in [2.75, 3.05) is 26.2 Å². The minimum absolute atomic E-state index is 0.00319. The van der Waals surface area contributed by atoms with Gasteiger partial charge in [-0.25, -0.2) is 14.6 Å². The number of nitrogens with zero attached hydrogens (tertiary/aromatic N) is 4. The number of likely N-dealkylation sites (tertiary alicyclic amines) is 2. The van der Waals surface area contributed by atoms with Crippen LogP contribution in [0.5, 0.6) is 0 Å². The number of carbonyl (C=O) groups excluding carboxylic acids is 3. The molecule has 0 saturated carbocycles. The van der Waals surface area contributed by atoms with Crippen LogP contribution in [0, 0.1) is 0 Å². The zero-order valence-electron chi connectivity index (χ0n) is 26.3. The molecular weight excluding hydrogens is 546 g/mol. The van der Waals surface area contributed by atoms with Gasteiger partial charge in [0, 0.05) is 26.2 Å². The van der Waals surface area contributed by atoms with Crippen LogP contribution >= 0.6 is 0 Å². The molecule has 2 saturated heterocycles. The van der Waals surface area contributed by atoms with E-state index in [9.17, 15) is 14.4 Å². The number of amides is 3. The van der Waals surface area contributed by atoms with Gasteiger partial charge >= 0.3 is 12.2 Å². The Balaban J connectivity index is 1.20. The van der Waals surface area contributed by atoms with Crippen LogP contribution in [0.2, 0.25) is 0 Å². The molecule has 0 bridgehead atoms. The Kier molecular flexibility index (Phi) is 8.58. The Hall–Kier alpha value is -3.82. The van der Waals surface area contributed by atoms with Gasteiger partial charge in [-0.3, -0.25) is 14.6 Å². The number of aromatic nitrogens is 2. The number of imidazole rings is 1. The van der Waals surface area contributed by atoms with Crippen LogP contribution in [0.15, 0.2) is 36.5 Å². The predicted molar refractivity (Wildman–Crippen MR) is 164 cm³/mol. The molecule has 232 valence electrons. The van der Waals surface area contributed by atoms with E-state index < -0.39 is 23.3 Å². The van der Waals surface area contributed by atoms with Crippen molar-refractivity contribution in [3.05, 3.63) is 47.9 Å². The molecule has 1 aromatic carbocycles. The maximum absolute atomic E-state index is 13.4. The molecule has 0 spiro atoms. The zero-order valence-corrected chi connectivity index (χ0v) is 26.3. The fourth-order valence-corrected chi connectivity index (χ4v) is 6.01. The summed E-state index contributed by atoms with van der Waals surface area (Å²) >= 11 is 0. The first-order valence-electron chi connectivity index (χ1n) is 15.4. The second-order valence-electron chi connectivity index (χ2n) is 13.7. The van der Waals surface area contributed by atoms with Crippen LogP contribution in [-0.4, -0.2) is 86.2 Å². The van der Waals surface area contributed by atoms with E-state index in [1.165, 1.54) is 5.57 Å². The Morgan fingerprint density at radius 2 is 1.44 bits per heavy atom. The number of rotatable bonds is 4. The molecule has 3 aliphatic rings. The molecular formula is C33H45N5O5. The molecule has 2 fully saturated rings. The number of ether oxygens (including phenoxy) is 2. The van der Waals surface area contributed by atoms with Gasteiger partial charge in [0.15, 0.2) is 0 Å². The van der Waals surface area contributed by atoms with Gasteiger partial charge in [0.25, 0.3) is 0 Å². The van der Waals surface area contributed by atoms with E-state index in [0.29, 0.717) is 32.6 Å². The van der Waals surface area contributed by atoms with Crippen LogP contribution in [0.1, 0.15) is 91.1 Å². The third kappa shape index (κ3) is 7.22. The third-order valence-corrected chi connectivity index (χ3v) is 8.05. The Morgan fingerprint density at radius 1 is 0.837 bits per heavy atom. The maximum atomic E-state index is 13.4. The van der Waals surface area contributed by atoms with Gasteiger partial charge in [0.05, 0.1) is 17.9 Å². The van der Waals surface area contributed by atoms with E-state index in [4.69, 9.17) is 9.47 Å². The van der Waals surface area contributed by atoms with Crippen molar-refractivity contribution in [1.82, 2.24) is 24.7 Å². The lowest BCUT2D eigenvalue weighted by Gasteiger charge is -2.33. The second-order valence-corrected chi connectivity index (χ2v) is 13.7. The van der Waals surface area contributed by atoms with Crippen LogP contribution in [0.4, 0.5) is 9.59 Å². The first-order valence-corrected chi connectivity index (χ1v) is 15.4. The summed E-state index contributed by atoms with van der Waals surface area (Å²) in [7, 11) is 0. The van der Waals surface area contributed by atoms with Crippen molar-refractivity contribution in [2.45, 2.75) is 96.9 Å².